The molecular weight excluding hydrogens is 318 g/mol. The molecular formula is C20H31NO4. The lowest BCUT2D eigenvalue weighted by Crippen LogP contribution is -2.35. The number of methoxy groups -OCH3 is 1. The Hall–Kier alpha value is -1.91. The van der Waals surface area contributed by atoms with Gasteiger partial charge in [-0.3, -0.25) is 0 Å². The van der Waals surface area contributed by atoms with Gasteiger partial charge in [-0.25, -0.2) is 4.79 Å². The first-order chi connectivity index (χ1) is 11.8. The van der Waals surface area contributed by atoms with Gasteiger partial charge in [-0.05, 0) is 70.6 Å². The number of amides is 1. The number of hydrogen-bond donors (Lipinski definition) is 0. The van der Waals surface area contributed by atoms with Gasteiger partial charge in [0.05, 0.1) is 13.2 Å². The molecule has 0 spiro atoms. The van der Waals surface area contributed by atoms with Crippen LogP contribution in [0.5, 0.6) is 11.5 Å². The summed E-state index contributed by atoms with van der Waals surface area (Å²) in [4.78, 5) is 13.6. The van der Waals surface area contributed by atoms with Crippen molar-refractivity contribution >= 4 is 6.09 Å². The lowest BCUT2D eigenvalue weighted by Gasteiger charge is -2.24. The van der Waals surface area contributed by atoms with Crippen LogP contribution < -0.4 is 9.47 Å². The molecule has 0 heterocycles. The molecule has 0 aliphatic heterocycles. The molecule has 5 heteroatoms. The third-order valence-corrected chi connectivity index (χ3v) is 4.26. The van der Waals surface area contributed by atoms with E-state index in [1.54, 1.807) is 19.1 Å². The molecule has 0 bridgehead atoms. The second-order valence-corrected chi connectivity index (χ2v) is 7.66. The molecule has 140 valence electrons. The second kappa shape index (κ2) is 8.45. The fourth-order valence-electron chi connectivity index (χ4n) is 2.88. The number of likely N-dealkylation sites (N-methyl/N-ethyl adjacent to an activating group) is 1. The number of ether oxygens (including phenoxy) is 3. The molecule has 0 aromatic heterocycles. The van der Waals surface area contributed by atoms with Crippen LogP contribution in [0.3, 0.4) is 0 Å². The first kappa shape index (κ1) is 19.4. The van der Waals surface area contributed by atoms with Crippen LogP contribution in [0, 0.1) is 0 Å². The fourth-order valence-corrected chi connectivity index (χ4v) is 2.88. The zero-order valence-electron chi connectivity index (χ0n) is 16.1. The summed E-state index contributed by atoms with van der Waals surface area (Å²) in [7, 11) is 3.42. The Labute approximate surface area is 151 Å². The van der Waals surface area contributed by atoms with E-state index in [0.29, 0.717) is 6.54 Å². The molecule has 0 atom stereocenters. The summed E-state index contributed by atoms with van der Waals surface area (Å²) < 4.78 is 16.9. The van der Waals surface area contributed by atoms with Gasteiger partial charge in [0.1, 0.15) is 5.60 Å². The third kappa shape index (κ3) is 6.15. The lowest BCUT2D eigenvalue weighted by atomic mass is 10.1. The molecule has 1 aromatic carbocycles. The highest BCUT2D eigenvalue weighted by atomic mass is 16.6. The van der Waals surface area contributed by atoms with Crippen LogP contribution in [0.15, 0.2) is 18.2 Å². The lowest BCUT2D eigenvalue weighted by molar-refractivity contribution is 0.0301. The molecule has 0 N–H and O–H groups in total. The molecule has 25 heavy (non-hydrogen) atoms. The van der Waals surface area contributed by atoms with Crippen LogP contribution in [0.4, 0.5) is 4.79 Å². The Morgan fingerprint density at radius 2 is 1.88 bits per heavy atom. The first-order valence-corrected chi connectivity index (χ1v) is 9.06. The van der Waals surface area contributed by atoms with Crippen LogP contribution in [-0.4, -0.2) is 43.4 Å². The second-order valence-electron chi connectivity index (χ2n) is 7.66. The van der Waals surface area contributed by atoms with Crippen molar-refractivity contribution in [2.45, 2.75) is 64.6 Å². The summed E-state index contributed by atoms with van der Waals surface area (Å²) >= 11 is 0. The summed E-state index contributed by atoms with van der Waals surface area (Å²) in [6.45, 7) is 6.20. The average Bonchev–Trinajstić information content (AvgIpc) is 3.04. The van der Waals surface area contributed by atoms with Crippen molar-refractivity contribution in [1.29, 1.82) is 0 Å². The number of carbonyl (C=O) groups excluding carboxylic acids is 1. The minimum Gasteiger partial charge on any atom is -0.493 e. The van der Waals surface area contributed by atoms with Gasteiger partial charge in [-0.1, -0.05) is 6.07 Å². The van der Waals surface area contributed by atoms with E-state index in [0.717, 1.165) is 36.3 Å². The van der Waals surface area contributed by atoms with Gasteiger partial charge < -0.3 is 19.1 Å². The highest BCUT2D eigenvalue weighted by Crippen LogP contribution is 2.32. The topological polar surface area (TPSA) is 48.0 Å². The van der Waals surface area contributed by atoms with Crippen molar-refractivity contribution in [2.75, 3.05) is 20.7 Å². The minimum atomic E-state index is -0.478. The van der Waals surface area contributed by atoms with Gasteiger partial charge >= 0.3 is 6.09 Å². The van der Waals surface area contributed by atoms with Crippen molar-refractivity contribution in [2.24, 2.45) is 0 Å². The maximum absolute atomic E-state index is 12.0. The first-order valence-electron chi connectivity index (χ1n) is 9.06. The Bertz CT molecular complexity index is 574. The molecule has 1 fully saturated rings. The highest BCUT2D eigenvalue weighted by Gasteiger charge is 2.20. The number of nitrogens with zero attached hydrogens (tertiary/aromatic N) is 1. The number of benzene rings is 1. The van der Waals surface area contributed by atoms with Crippen molar-refractivity contribution in [3.8, 4) is 11.5 Å². The number of rotatable bonds is 6. The van der Waals surface area contributed by atoms with Gasteiger partial charge in [0, 0.05) is 13.6 Å². The zero-order chi connectivity index (χ0) is 18.4. The van der Waals surface area contributed by atoms with Gasteiger partial charge in [-0.2, -0.15) is 0 Å². The predicted octanol–water partition coefficient (Wildman–Crippen LogP) is 4.43. The van der Waals surface area contributed by atoms with Gasteiger partial charge in [0.25, 0.3) is 0 Å². The van der Waals surface area contributed by atoms with E-state index in [2.05, 4.69) is 0 Å². The smallest absolute Gasteiger partial charge is 0.410 e. The zero-order valence-corrected chi connectivity index (χ0v) is 16.1. The molecule has 0 unspecified atom stereocenters. The van der Waals surface area contributed by atoms with Crippen LogP contribution in [-0.2, 0) is 11.2 Å². The van der Waals surface area contributed by atoms with E-state index in [4.69, 9.17) is 14.2 Å². The third-order valence-electron chi connectivity index (χ3n) is 4.26. The summed E-state index contributed by atoms with van der Waals surface area (Å²) in [6, 6.07) is 5.98. The SMILES string of the molecule is COc1ccc(CCN(C)C(=O)OC(C)(C)C)cc1OC1CCCC1. The molecule has 1 aromatic rings. The predicted molar refractivity (Wildman–Crippen MR) is 98.4 cm³/mol. The van der Waals surface area contributed by atoms with Crippen molar-refractivity contribution < 1.29 is 19.0 Å². The normalized spacial score (nSPS) is 15.1. The molecule has 5 nitrogen and oxygen atoms in total. The van der Waals surface area contributed by atoms with E-state index in [1.165, 1.54) is 12.8 Å². The molecule has 0 radical (unpaired) electrons. The number of hydrogen-bond acceptors (Lipinski definition) is 4. The van der Waals surface area contributed by atoms with E-state index in [-0.39, 0.29) is 12.2 Å². The van der Waals surface area contributed by atoms with Gasteiger partial charge in [0.15, 0.2) is 11.5 Å². The summed E-state index contributed by atoms with van der Waals surface area (Å²) in [5.74, 6) is 1.56. The Balaban J connectivity index is 1.96. The van der Waals surface area contributed by atoms with Crippen molar-refractivity contribution in [3.05, 3.63) is 23.8 Å². The quantitative estimate of drug-likeness (QED) is 0.762. The molecule has 1 amide bonds. The van der Waals surface area contributed by atoms with E-state index in [9.17, 15) is 4.79 Å². The van der Waals surface area contributed by atoms with Crippen LogP contribution in [0.25, 0.3) is 0 Å². The maximum atomic E-state index is 12.0. The molecule has 1 aliphatic carbocycles. The minimum absolute atomic E-state index is 0.286. The standard InChI is InChI=1S/C20H31NO4/c1-20(2,3)25-19(22)21(4)13-12-15-10-11-17(23-5)18(14-15)24-16-8-6-7-9-16/h10-11,14,16H,6-9,12-13H2,1-5H3. The maximum Gasteiger partial charge on any atom is 0.410 e. The van der Waals surface area contributed by atoms with E-state index >= 15 is 0 Å². The summed E-state index contributed by atoms with van der Waals surface area (Å²) in [6.07, 6.45) is 5.39. The highest BCUT2D eigenvalue weighted by molar-refractivity contribution is 5.67. The van der Waals surface area contributed by atoms with Gasteiger partial charge in [0.2, 0.25) is 0 Å². The van der Waals surface area contributed by atoms with Crippen LogP contribution >= 0.6 is 0 Å². The Morgan fingerprint density at radius 1 is 1.20 bits per heavy atom. The summed E-state index contributed by atoms with van der Waals surface area (Å²) in [5, 5.41) is 0. The average molecular weight is 349 g/mol. The van der Waals surface area contributed by atoms with Crippen molar-refractivity contribution in [1.82, 2.24) is 4.90 Å². The molecule has 0 saturated heterocycles. The fraction of sp³-hybridized carbons (Fsp3) is 0.650. The number of carbonyl (C=O) groups is 1. The van der Waals surface area contributed by atoms with Crippen molar-refractivity contribution in [3.63, 3.8) is 0 Å². The van der Waals surface area contributed by atoms with Crippen LogP contribution in [0.2, 0.25) is 0 Å². The van der Waals surface area contributed by atoms with E-state index in [1.807, 2.05) is 39.0 Å². The van der Waals surface area contributed by atoms with Crippen LogP contribution in [0.1, 0.15) is 52.0 Å². The van der Waals surface area contributed by atoms with E-state index < -0.39 is 5.60 Å². The Kier molecular flexibility index (Phi) is 6.57. The molecule has 1 saturated carbocycles. The monoisotopic (exact) mass is 349 g/mol. The molecule has 2 rings (SSSR count). The summed E-state index contributed by atoms with van der Waals surface area (Å²) in [5.41, 5.74) is 0.637. The molecule has 1 aliphatic rings. The van der Waals surface area contributed by atoms with Gasteiger partial charge in [-0.15, -0.1) is 0 Å². The Morgan fingerprint density at radius 3 is 2.48 bits per heavy atom. The largest absolute Gasteiger partial charge is 0.493 e.